The molecule has 0 saturated carbocycles. The fraction of sp³-hybridized carbons (Fsp3) is 0.200. The minimum atomic E-state index is -0.381. The van der Waals surface area contributed by atoms with E-state index in [0.717, 1.165) is 0 Å². The molecule has 27 heavy (non-hydrogen) atoms. The van der Waals surface area contributed by atoms with Crippen LogP contribution in [0.3, 0.4) is 0 Å². The van der Waals surface area contributed by atoms with Gasteiger partial charge in [0.05, 0.1) is 18.7 Å². The van der Waals surface area contributed by atoms with Crippen molar-refractivity contribution >= 4 is 23.1 Å². The summed E-state index contributed by atoms with van der Waals surface area (Å²) in [7, 11) is 1.53. The molecule has 0 aromatic heterocycles. The fourth-order valence-electron chi connectivity index (χ4n) is 3.07. The Morgan fingerprint density at radius 1 is 1.04 bits per heavy atom. The molecule has 1 N–H and O–H groups in total. The van der Waals surface area contributed by atoms with Gasteiger partial charge < -0.3 is 19.5 Å². The third kappa shape index (κ3) is 3.13. The summed E-state index contributed by atoms with van der Waals surface area (Å²) in [5, 5.41) is 3.10. The highest BCUT2D eigenvalue weighted by Gasteiger charge is 2.39. The van der Waals surface area contributed by atoms with Gasteiger partial charge >= 0.3 is 0 Å². The van der Waals surface area contributed by atoms with Gasteiger partial charge in [0.1, 0.15) is 5.70 Å². The highest BCUT2D eigenvalue weighted by atomic mass is 16.7. The minimum Gasteiger partial charge on any atom is -0.454 e. The Hall–Kier alpha value is -3.32. The van der Waals surface area contributed by atoms with Crippen LogP contribution in [0, 0.1) is 0 Å². The highest BCUT2D eigenvalue weighted by molar-refractivity contribution is 6.36. The number of hydrogen-bond donors (Lipinski definition) is 1. The van der Waals surface area contributed by atoms with E-state index in [-0.39, 0.29) is 37.5 Å². The number of carbonyl (C=O) groups is 2. The molecular weight excluding hydrogens is 348 g/mol. The van der Waals surface area contributed by atoms with E-state index in [1.807, 2.05) is 30.3 Å². The van der Waals surface area contributed by atoms with E-state index in [9.17, 15) is 9.59 Å². The van der Waals surface area contributed by atoms with Crippen molar-refractivity contribution < 1.29 is 23.8 Å². The molecule has 2 aromatic rings. The van der Waals surface area contributed by atoms with Crippen molar-refractivity contribution in [2.75, 3.05) is 32.4 Å². The van der Waals surface area contributed by atoms with E-state index in [2.05, 4.69) is 5.32 Å². The van der Waals surface area contributed by atoms with Gasteiger partial charge in [-0.05, 0) is 17.7 Å². The van der Waals surface area contributed by atoms with Crippen LogP contribution in [0.15, 0.2) is 54.2 Å². The molecular formula is C20H18N2O5. The lowest BCUT2D eigenvalue weighted by molar-refractivity contribution is -0.137. The van der Waals surface area contributed by atoms with Crippen LogP contribution in [0.4, 0.5) is 5.69 Å². The van der Waals surface area contributed by atoms with Crippen molar-refractivity contribution in [1.82, 2.24) is 4.90 Å². The van der Waals surface area contributed by atoms with Crippen LogP contribution in [0.25, 0.3) is 5.57 Å². The molecule has 0 saturated heterocycles. The molecule has 2 amide bonds. The number of amides is 2. The first kappa shape index (κ1) is 17.1. The molecule has 7 nitrogen and oxygen atoms in total. The first-order valence-electron chi connectivity index (χ1n) is 8.50. The number of hydrogen-bond acceptors (Lipinski definition) is 6. The third-order valence-electron chi connectivity index (χ3n) is 4.39. The van der Waals surface area contributed by atoms with Gasteiger partial charge in [-0.2, -0.15) is 0 Å². The molecule has 0 aliphatic carbocycles. The SMILES string of the molecule is COCCN1C(=O)C(Nc2ccc3c(c2)OCO3)=C(c2ccccc2)C1=O. The Kier molecular flexibility index (Phi) is 4.52. The maximum atomic E-state index is 12.9. The van der Waals surface area contributed by atoms with Crippen LogP contribution in [-0.2, 0) is 14.3 Å². The number of ether oxygens (including phenoxy) is 3. The predicted octanol–water partition coefficient (Wildman–Crippen LogP) is 2.25. The van der Waals surface area contributed by atoms with E-state index in [0.29, 0.717) is 28.3 Å². The predicted molar refractivity (Wildman–Crippen MR) is 98.1 cm³/mol. The number of methoxy groups -OCH3 is 1. The zero-order valence-electron chi connectivity index (χ0n) is 14.7. The molecule has 2 aliphatic heterocycles. The summed E-state index contributed by atoms with van der Waals surface area (Å²) in [5.74, 6) is 0.517. The van der Waals surface area contributed by atoms with Gasteiger partial charge in [-0.1, -0.05) is 30.3 Å². The zero-order chi connectivity index (χ0) is 18.8. The maximum absolute atomic E-state index is 12.9. The molecule has 0 unspecified atom stereocenters. The minimum absolute atomic E-state index is 0.166. The van der Waals surface area contributed by atoms with Crippen LogP contribution in [0.2, 0.25) is 0 Å². The zero-order valence-corrected chi connectivity index (χ0v) is 14.7. The van der Waals surface area contributed by atoms with Crippen molar-refractivity contribution in [2.24, 2.45) is 0 Å². The maximum Gasteiger partial charge on any atom is 0.278 e. The summed E-state index contributed by atoms with van der Waals surface area (Å²) in [6.45, 7) is 0.632. The molecule has 0 spiro atoms. The summed E-state index contributed by atoms with van der Waals surface area (Å²) in [4.78, 5) is 27.0. The Morgan fingerprint density at radius 2 is 1.81 bits per heavy atom. The fourth-order valence-corrected chi connectivity index (χ4v) is 3.07. The van der Waals surface area contributed by atoms with Crippen molar-refractivity contribution in [2.45, 2.75) is 0 Å². The normalized spacial score (nSPS) is 15.7. The molecule has 7 heteroatoms. The van der Waals surface area contributed by atoms with Crippen LogP contribution >= 0.6 is 0 Å². The van der Waals surface area contributed by atoms with Crippen LogP contribution in [0.5, 0.6) is 11.5 Å². The van der Waals surface area contributed by atoms with Crippen molar-refractivity contribution in [1.29, 1.82) is 0 Å². The first-order chi connectivity index (χ1) is 13.2. The second kappa shape index (κ2) is 7.13. The number of carbonyl (C=O) groups excluding carboxylic acids is 2. The lowest BCUT2D eigenvalue weighted by Crippen LogP contribution is -2.35. The summed E-state index contributed by atoms with van der Waals surface area (Å²) < 4.78 is 15.7. The second-order valence-corrected chi connectivity index (χ2v) is 6.06. The number of anilines is 1. The standard InChI is InChI=1S/C20H18N2O5/c1-25-10-9-22-19(23)17(13-5-3-2-4-6-13)18(20(22)24)21-14-7-8-15-16(11-14)27-12-26-15/h2-8,11,21H,9-10,12H2,1H3. The van der Waals surface area contributed by atoms with E-state index in [1.165, 1.54) is 12.0 Å². The highest BCUT2D eigenvalue weighted by Crippen LogP contribution is 2.36. The lowest BCUT2D eigenvalue weighted by atomic mass is 10.0. The summed E-state index contributed by atoms with van der Waals surface area (Å²) in [6.07, 6.45) is 0. The molecule has 0 atom stereocenters. The second-order valence-electron chi connectivity index (χ2n) is 6.06. The molecule has 2 heterocycles. The van der Waals surface area contributed by atoms with E-state index in [1.54, 1.807) is 18.2 Å². The van der Waals surface area contributed by atoms with Crippen LogP contribution in [0.1, 0.15) is 5.56 Å². The summed E-state index contributed by atoms with van der Waals surface area (Å²) >= 11 is 0. The van der Waals surface area contributed by atoms with Gasteiger partial charge in [0, 0.05) is 18.9 Å². The van der Waals surface area contributed by atoms with Gasteiger partial charge in [0.25, 0.3) is 11.8 Å². The molecule has 0 bridgehead atoms. The molecule has 0 fully saturated rings. The number of fused-ring (bicyclic) bond motifs is 1. The van der Waals surface area contributed by atoms with Crippen LogP contribution in [-0.4, -0.2) is 43.8 Å². The average molecular weight is 366 g/mol. The van der Waals surface area contributed by atoms with Gasteiger partial charge in [-0.15, -0.1) is 0 Å². The molecule has 4 rings (SSSR count). The Labute approximate surface area is 156 Å². The Balaban J connectivity index is 1.72. The van der Waals surface area contributed by atoms with Crippen molar-refractivity contribution in [3.8, 4) is 11.5 Å². The van der Waals surface area contributed by atoms with E-state index < -0.39 is 0 Å². The number of rotatable bonds is 6. The smallest absolute Gasteiger partial charge is 0.278 e. The van der Waals surface area contributed by atoms with Gasteiger partial charge in [0.2, 0.25) is 6.79 Å². The third-order valence-corrected chi connectivity index (χ3v) is 4.39. The summed E-state index contributed by atoms with van der Waals surface area (Å²) in [6, 6.07) is 14.4. The Morgan fingerprint density at radius 3 is 2.59 bits per heavy atom. The lowest BCUT2D eigenvalue weighted by Gasteiger charge is -2.14. The van der Waals surface area contributed by atoms with Crippen molar-refractivity contribution in [3.05, 3.63) is 59.8 Å². The number of imide groups is 1. The van der Waals surface area contributed by atoms with Crippen LogP contribution < -0.4 is 14.8 Å². The first-order valence-corrected chi connectivity index (χ1v) is 8.50. The largest absolute Gasteiger partial charge is 0.454 e. The average Bonchev–Trinajstić information content (AvgIpc) is 3.24. The number of nitrogens with zero attached hydrogens (tertiary/aromatic N) is 1. The van der Waals surface area contributed by atoms with Gasteiger partial charge in [0.15, 0.2) is 11.5 Å². The van der Waals surface area contributed by atoms with E-state index >= 15 is 0 Å². The van der Waals surface area contributed by atoms with E-state index in [4.69, 9.17) is 14.2 Å². The number of nitrogens with one attached hydrogen (secondary N) is 1. The monoisotopic (exact) mass is 366 g/mol. The van der Waals surface area contributed by atoms with Gasteiger partial charge in [-0.25, -0.2) is 0 Å². The summed E-state index contributed by atoms with van der Waals surface area (Å²) in [5.41, 5.74) is 1.90. The van der Waals surface area contributed by atoms with Gasteiger partial charge in [-0.3, -0.25) is 14.5 Å². The quantitative estimate of drug-likeness (QED) is 0.791. The topological polar surface area (TPSA) is 77.1 Å². The molecule has 138 valence electrons. The molecule has 2 aliphatic rings. The number of benzene rings is 2. The molecule has 2 aromatic carbocycles. The van der Waals surface area contributed by atoms with Crippen molar-refractivity contribution in [3.63, 3.8) is 0 Å². The molecule has 0 radical (unpaired) electrons. The Bertz CT molecular complexity index is 923.